The lowest BCUT2D eigenvalue weighted by Gasteiger charge is -2.18. The molecule has 0 saturated carbocycles. The predicted molar refractivity (Wildman–Crippen MR) is 157 cm³/mol. The third-order valence-electron chi connectivity index (χ3n) is 6.94. The SMILES string of the molecule is CCCCCC/C=C\CCCCCCCC(=O)OC(CCCCCC)CCCCCCC(=O)NCC(=O)O. The highest BCUT2D eigenvalue weighted by Crippen LogP contribution is 2.17. The molecule has 6 heteroatoms. The zero-order valence-corrected chi connectivity index (χ0v) is 24.8. The summed E-state index contributed by atoms with van der Waals surface area (Å²) < 4.78 is 5.87. The maximum absolute atomic E-state index is 12.4. The Hall–Kier alpha value is -1.85. The molecule has 0 saturated heterocycles. The fraction of sp³-hybridized carbons (Fsp3) is 0.844. The van der Waals surface area contributed by atoms with E-state index in [0.29, 0.717) is 12.8 Å². The zero-order valence-electron chi connectivity index (χ0n) is 24.8. The average molecular weight is 538 g/mol. The lowest BCUT2D eigenvalue weighted by atomic mass is 10.0. The van der Waals surface area contributed by atoms with Gasteiger partial charge in [-0.1, -0.05) is 96.6 Å². The second-order valence-corrected chi connectivity index (χ2v) is 10.7. The minimum Gasteiger partial charge on any atom is -0.480 e. The number of esters is 1. The quantitative estimate of drug-likeness (QED) is 0.0591. The van der Waals surface area contributed by atoms with Crippen molar-refractivity contribution in [2.24, 2.45) is 0 Å². The van der Waals surface area contributed by atoms with Crippen molar-refractivity contribution in [1.29, 1.82) is 0 Å². The van der Waals surface area contributed by atoms with Crippen molar-refractivity contribution >= 4 is 17.8 Å². The summed E-state index contributed by atoms with van der Waals surface area (Å²) in [4.78, 5) is 34.5. The first-order chi connectivity index (χ1) is 18.5. The van der Waals surface area contributed by atoms with Crippen molar-refractivity contribution in [2.45, 2.75) is 168 Å². The van der Waals surface area contributed by atoms with E-state index in [9.17, 15) is 14.4 Å². The van der Waals surface area contributed by atoms with Gasteiger partial charge < -0.3 is 15.2 Å². The minimum absolute atomic E-state index is 0.00646. The van der Waals surface area contributed by atoms with Crippen molar-refractivity contribution in [2.75, 3.05) is 6.54 Å². The molecule has 0 fully saturated rings. The van der Waals surface area contributed by atoms with Gasteiger partial charge in [-0.2, -0.15) is 0 Å². The Morgan fingerprint density at radius 1 is 0.658 bits per heavy atom. The number of nitrogens with one attached hydrogen (secondary N) is 1. The molecule has 6 nitrogen and oxygen atoms in total. The van der Waals surface area contributed by atoms with Crippen LogP contribution >= 0.6 is 0 Å². The number of carboxylic acid groups (broad SMARTS) is 1. The van der Waals surface area contributed by atoms with Crippen LogP contribution in [-0.4, -0.2) is 35.6 Å². The van der Waals surface area contributed by atoms with Crippen molar-refractivity contribution in [3.05, 3.63) is 12.2 Å². The number of carbonyl (C=O) groups is 3. The fourth-order valence-corrected chi connectivity index (χ4v) is 4.57. The number of allylic oxidation sites excluding steroid dienone is 2. The van der Waals surface area contributed by atoms with Gasteiger partial charge in [0.15, 0.2) is 0 Å². The maximum Gasteiger partial charge on any atom is 0.322 e. The van der Waals surface area contributed by atoms with E-state index in [0.717, 1.165) is 57.8 Å². The lowest BCUT2D eigenvalue weighted by molar-refractivity contribution is -0.150. The Bertz CT molecular complexity index is 605. The topological polar surface area (TPSA) is 92.7 Å². The van der Waals surface area contributed by atoms with Crippen LogP contribution in [-0.2, 0) is 19.1 Å². The van der Waals surface area contributed by atoms with Crippen LogP contribution in [0.5, 0.6) is 0 Å². The second kappa shape index (κ2) is 28.2. The molecule has 0 aliphatic heterocycles. The van der Waals surface area contributed by atoms with Crippen LogP contribution in [0.2, 0.25) is 0 Å². The van der Waals surface area contributed by atoms with Crippen molar-refractivity contribution in [3.63, 3.8) is 0 Å². The molecular formula is C32H59NO5. The number of rotatable bonds is 28. The van der Waals surface area contributed by atoms with Gasteiger partial charge in [-0.05, 0) is 64.2 Å². The van der Waals surface area contributed by atoms with E-state index >= 15 is 0 Å². The number of carboxylic acids is 1. The van der Waals surface area contributed by atoms with Crippen LogP contribution in [0.25, 0.3) is 0 Å². The summed E-state index contributed by atoms with van der Waals surface area (Å²) in [5.74, 6) is -1.28. The summed E-state index contributed by atoms with van der Waals surface area (Å²) in [5, 5.41) is 11.0. The van der Waals surface area contributed by atoms with Gasteiger partial charge in [0.05, 0.1) is 0 Å². The fourth-order valence-electron chi connectivity index (χ4n) is 4.57. The normalized spacial score (nSPS) is 12.1. The molecule has 1 amide bonds. The van der Waals surface area contributed by atoms with Gasteiger partial charge in [-0.3, -0.25) is 14.4 Å². The minimum atomic E-state index is -1.02. The number of hydrogen-bond donors (Lipinski definition) is 2. The predicted octanol–water partition coefficient (Wildman–Crippen LogP) is 8.67. The summed E-state index contributed by atoms with van der Waals surface area (Å²) >= 11 is 0. The lowest BCUT2D eigenvalue weighted by Crippen LogP contribution is -2.28. The van der Waals surface area contributed by atoms with E-state index in [2.05, 4.69) is 31.3 Å². The van der Waals surface area contributed by atoms with Crippen LogP contribution in [0.3, 0.4) is 0 Å². The molecule has 0 aromatic carbocycles. The van der Waals surface area contributed by atoms with Crippen LogP contribution in [0.1, 0.15) is 162 Å². The van der Waals surface area contributed by atoms with Gasteiger partial charge >= 0.3 is 11.9 Å². The van der Waals surface area contributed by atoms with E-state index in [1.807, 2.05) is 0 Å². The van der Waals surface area contributed by atoms with Crippen LogP contribution in [0, 0.1) is 0 Å². The third-order valence-corrected chi connectivity index (χ3v) is 6.94. The summed E-state index contributed by atoms with van der Waals surface area (Å²) in [7, 11) is 0. The van der Waals surface area contributed by atoms with E-state index in [-0.39, 0.29) is 24.5 Å². The monoisotopic (exact) mass is 537 g/mol. The number of carbonyl (C=O) groups excluding carboxylic acids is 2. The molecule has 2 N–H and O–H groups in total. The van der Waals surface area contributed by atoms with Gasteiger partial charge in [0, 0.05) is 12.8 Å². The largest absolute Gasteiger partial charge is 0.480 e. The Morgan fingerprint density at radius 3 is 1.71 bits per heavy atom. The van der Waals surface area contributed by atoms with E-state index < -0.39 is 5.97 Å². The average Bonchev–Trinajstić information content (AvgIpc) is 2.89. The van der Waals surface area contributed by atoms with Crippen molar-refractivity contribution in [1.82, 2.24) is 5.32 Å². The smallest absolute Gasteiger partial charge is 0.322 e. The molecule has 0 radical (unpaired) electrons. The Kier molecular flexibility index (Phi) is 26.8. The number of aliphatic carboxylic acids is 1. The number of unbranched alkanes of at least 4 members (excludes halogenated alkanes) is 15. The molecule has 38 heavy (non-hydrogen) atoms. The highest BCUT2D eigenvalue weighted by Gasteiger charge is 2.14. The molecular weight excluding hydrogens is 478 g/mol. The Balaban J connectivity index is 3.95. The summed E-state index contributed by atoms with van der Waals surface area (Å²) in [5.41, 5.74) is 0. The maximum atomic E-state index is 12.4. The highest BCUT2D eigenvalue weighted by atomic mass is 16.5. The van der Waals surface area contributed by atoms with E-state index in [1.54, 1.807) is 0 Å². The van der Waals surface area contributed by atoms with Gasteiger partial charge in [0.1, 0.15) is 12.6 Å². The Morgan fingerprint density at radius 2 is 1.13 bits per heavy atom. The van der Waals surface area contributed by atoms with Gasteiger partial charge in [-0.15, -0.1) is 0 Å². The third kappa shape index (κ3) is 27.2. The first-order valence-corrected chi connectivity index (χ1v) is 15.8. The van der Waals surface area contributed by atoms with Crippen LogP contribution < -0.4 is 5.32 Å². The summed E-state index contributed by atoms with van der Waals surface area (Å²) in [6.45, 7) is 4.13. The van der Waals surface area contributed by atoms with Gasteiger partial charge in [0.2, 0.25) is 5.91 Å². The molecule has 0 rings (SSSR count). The van der Waals surface area contributed by atoms with Gasteiger partial charge in [-0.25, -0.2) is 0 Å². The van der Waals surface area contributed by atoms with Gasteiger partial charge in [0.25, 0.3) is 0 Å². The van der Waals surface area contributed by atoms with E-state index in [4.69, 9.17) is 9.84 Å². The van der Waals surface area contributed by atoms with Crippen molar-refractivity contribution in [3.8, 4) is 0 Å². The molecule has 0 heterocycles. The molecule has 0 spiro atoms. The molecule has 0 aromatic rings. The second-order valence-electron chi connectivity index (χ2n) is 10.7. The number of hydrogen-bond acceptors (Lipinski definition) is 4. The first kappa shape index (κ1) is 36.1. The molecule has 0 aliphatic rings. The van der Waals surface area contributed by atoms with Crippen LogP contribution in [0.4, 0.5) is 0 Å². The standard InChI is InChI=1S/C32H59NO5/c1-3-5-7-9-10-11-12-13-14-15-16-17-23-27-32(37)38-29(24-20-8-6-4-2)25-21-18-19-22-26-30(34)33-28-31(35)36/h11-12,29H,3-10,13-28H2,1-2H3,(H,33,34)(H,35,36)/b12-11-. The summed E-state index contributed by atoms with van der Waals surface area (Å²) in [6.07, 6.45) is 29.1. The molecule has 0 aromatic heterocycles. The van der Waals surface area contributed by atoms with E-state index in [1.165, 1.54) is 77.0 Å². The summed E-state index contributed by atoms with van der Waals surface area (Å²) in [6, 6.07) is 0. The number of amides is 1. The number of ether oxygens (including phenoxy) is 1. The first-order valence-electron chi connectivity index (χ1n) is 15.8. The molecule has 222 valence electrons. The molecule has 1 unspecified atom stereocenters. The highest BCUT2D eigenvalue weighted by molar-refractivity contribution is 5.80. The Labute approximate surface area is 233 Å². The zero-order chi connectivity index (χ0) is 28.1. The molecule has 1 atom stereocenters. The molecule has 0 aliphatic carbocycles. The molecule has 0 bridgehead atoms. The van der Waals surface area contributed by atoms with Crippen LogP contribution in [0.15, 0.2) is 12.2 Å². The van der Waals surface area contributed by atoms with Crippen molar-refractivity contribution < 1.29 is 24.2 Å².